The zero-order valence-electron chi connectivity index (χ0n) is 13.0. The molecule has 0 radical (unpaired) electrons. The molecule has 2 rings (SSSR count). The molecular formula is C17H28N2O. The minimum Gasteiger partial charge on any atom is -0.399 e. The van der Waals surface area contributed by atoms with Gasteiger partial charge in [0.05, 0.1) is 6.10 Å². The van der Waals surface area contributed by atoms with Gasteiger partial charge in [-0.05, 0) is 57.2 Å². The van der Waals surface area contributed by atoms with Crippen LogP contribution in [0.3, 0.4) is 0 Å². The van der Waals surface area contributed by atoms with E-state index in [1.165, 1.54) is 24.8 Å². The van der Waals surface area contributed by atoms with E-state index in [1.54, 1.807) is 0 Å². The van der Waals surface area contributed by atoms with E-state index in [0.717, 1.165) is 18.7 Å². The molecule has 0 spiro atoms. The van der Waals surface area contributed by atoms with Crippen molar-refractivity contribution in [1.29, 1.82) is 0 Å². The van der Waals surface area contributed by atoms with Gasteiger partial charge in [-0.25, -0.2) is 0 Å². The normalized spacial score (nSPS) is 23.4. The van der Waals surface area contributed by atoms with Gasteiger partial charge in [-0.15, -0.1) is 0 Å². The van der Waals surface area contributed by atoms with E-state index in [9.17, 15) is 0 Å². The molecule has 1 aliphatic carbocycles. The fourth-order valence-electron chi connectivity index (χ4n) is 3.27. The van der Waals surface area contributed by atoms with Crippen LogP contribution < -0.4 is 5.73 Å². The number of nitrogens with zero attached hydrogens (tertiary/aromatic N) is 1. The fraction of sp³-hybridized carbons (Fsp3) is 0.647. The van der Waals surface area contributed by atoms with Crippen molar-refractivity contribution >= 4 is 5.69 Å². The Balaban J connectivity index is 2.06. The second-order valence-corrected chi connectivity index (χ2v) is 6.19. The van der Waals surface area contributed by atoms with Crippen molar-refractivity contribution in [3.63, 3.8) is 0 Å². The van der Waals surface area contributed by atoms with Crippen molar-refractivity contribution in [2.24, 2.45) is 0 Å². The molecule has 2 N–H and O–H groups in total. The van der Waals surface area contributed by atoms with Crippen LogP contribution in [-0.4, -0.2) is 30.2 Å². The molecule has 1 aromatic carbocycles. The highest BCUT2D eigenvalue weighted by Crippen LogP contribution is 2.27. The predicted molar refractivity (Wildman–Crippen MR) is 84.6 cm³/mol. The first kappa shape index (κ1) is 15.3. The largest absolute Gasteiger partial charge is 0.399 e. The number of nitrogens with two attached hydrogens (primary N) is 1. The summed E-state index contributed by atoms with van der Waals surface area (Å²) in [5.74, 6) is 0. The average Bonchev–Trinajstić information content (AvgIpc) is 2.44. The molecule has 1 fully saturated rings. The smallest absolute Gasteiger partial charge is 0.0586 e. The number of hydrogen-bond donors (Lipinski definition) is 1. The second kappa shape index (κ2) is 7.09. The Bertz CT molecular complexity index is 419. The highest BCUT2D eigenvalue weighted by atomic mass is 16.5. The summed E-state index contributed by atoms with van der Waals surface area (Å²) in [5, 5.41) is 0. The highest BCUT2D eigenvalue weighted by molar-refractivity contribution is 5.40. The molecule has 3 heteroatoms. The number of methoxy groups -OCH3 is 1. The Morgan fingerprint density at radius 1 is 1.35 bits per heavy atom. The van der Waals surface area contributed by atoms with Crippen LogP contribution >= 0.6 is 0 Å². The van der Waals surface area contributed by atoms with Gasteiger partial charge in [0.1, 0.15) is 0 Å². The van der Waals surface area contributed by atoms with Gasteiger partial charge in [0.25, 0.3) is 0 Å². The van der Waals surface area contributed by atoms with Crippen LogP contribution in [0.25, 0.3) is 0 Å². The van der Waals surface area contributed by atoms with Crippen LogP contribution in [0.1, 0.15) is 45.1 Å². The first-order chi connectivity index (χ1) is 9.60. The van der Waals surface area contributed by atoms with Crippen LogP contribution in [0.5, 0.6) is 0 Å². The number of hydrogen-bond acceptors (Lipinski definition) is 3. The average molecular weight is 276 g/mol. The van der Waals surface area contributed by atoms with Gasteiger partial charge in [-0.1, -0.05) is 12.1 Å². The van der Waals surface area contributed by atoms with E-state index in [-0.39, 0.29) is 0 Å². The van der Waals surface area contributed by atoms with E-state index in [1.807, 2.05) is 19.2 Å². The summed E-state index contributed by atoms with van der Waals surface area (Å²) in [6, 6.07) is 9.41. The summed E-state index contributed by atoms with van der Waals surface area (Å²) in [6.45, 7) is 5.54. The summed E-state index contributed by atoms with van der Waals surface area (Å²) in [5.41, 5.74) is 8.05. The Kier molecular flexibility index (Phi) is 5.44. The van der Waals surface area contributed by atoms with Crippen molar-refractivity contribution < 1.29 is 4.74 Å². The zero-order valence-corrected chi connectivity index (χ0v) is 13.0. The first-order valence-corrected chi connectivity index (χ1v) is 7.73. The Morgan fingerprint density at radius 3 is 2.80 bits per heavy atom. The molecular weight excluding hydrogens is 248 g/mol. The van der Waals surface area contributed by atoms with Crippen LogP contribution in [0, 0.1) is 0 Å². The van der Waals surface area contributed by atoms with Gasteiger partial charge in [-0.3, -0.25) is 4.90 Å². The molecule has 2 atom stereocenters. The van der Waals surface area contributed by atoms with Crippen molar-refractivity contribution in [3.05, 3.63) is 29.8 Å². The first-order valence-electron chi connectivity index (χ1n) is 7.73. The van der Waals surface area contributed by atoms with Gasteiger partial charge in [-0.2, -0.15) is 0 Å². The minimum atomic E-state index is 0.427. The Hall–Kier alpha value is -1.06. The van der Waals surface area contributed by atoms with Crippen molar-refractivity contribution in [1.82, 2.24) is 4.90 Å². The quantitative estimate of drug-likeness (QED) is 0.837. The van der Waals surface area contributed by atoms with Gasteiger partial charge in [0.15, 0.2) is 0 Å². The van der Waals surface area contributed by atoms with E-state index in [4.69, 9.17) is 10.5 Å². The van der Waals surface area contributed by atoms with Crippen LogP contribution in [0.15, 0.2) is 24.3 Å². The van der Waals surface area contributed by atoms with Crippen molar-refractivity contribution in [2.75, 3.05) is 12.8 Å². The zero-order chi connectivity index (χ0) is 14.5. The molecule has 0 amide bonds. The maximum Gasteiger partial charge on any atom is 0.0586 e. The molecule has 0 saturated heterocycles. The van der Waals surface area contributed by atoms with E-state index < -0.39 is 0 Å². The molecule has 0 heterocycles. The monoisotopic (exact) mass is 276 g/mol. The summed E-state index contributed by atoms with van der Waals surface area (Å²) in [4.78, 5) is 2.60. The molecule has 2 unspecified atom stereocenters. The number of rotatable bonds is 5. The lowest BCUT2D eigenvalue weighted by atomic mass is 9.90. The summed E-state index contributed by atoms with van der Waals surface area (Å²) >= 11 is 0. The maximum atomic E-state index is 5.89. The van der Waals surface area contributed by atoms with Crippen molar-refractivity contribution in [3.8, 4) is 0 Å². The van der Waals surface area contributed by atoms with Crippen LogP contribution in [0.2, 0.25) is 0 Å². The standard InChI is InChI=1S/C17H28N2O/c1-13(2)19(12-14-6-4-7-15(18)10-14)16-8-5-9-17(11-16)20-3/h4,6-7,10,13,16-17H,5,8-9,11-12,18H2,1-3H3. The van der Waals surface area contributed by atoms with Crippen LogP contribution in [0.4, 0.5) is 5.69 Å². The molecule has 0 aromatic heterocycles. The number of benzene rings is 1. The van der Waals surface area contributed by atoms with E-state index >= 15 is 0 Å². The SMILES string of the molecule is COC1CCCC(N(Cc2cccc(N)c2)C(C)C)C1. The molecule has 1 aliphatic rings. The lowest BCUT2D eigenvalue weighted by Crippen LogP contribution is -2.43. The maximum absolute atomic E-state index is 5.89. The van der Waals surface area contributed by atoms with Crippen molar-refractivity contribution in [2.45, 2.75) is 64.3 Å². The van der Waals surface area contributed by atoms with Gasteiger partial charge in [0, 0.05) is 31.4 Å². The molecule has 20 heavy (non-hydrogen) atoms. The topological polar surface area (TPSA) is 38.5 Å². The molecule has 112 valence electrons. The number of nitrogen functional groups attached to an aromatic ring is 1. The van der Waals surface area contributed by atoms with Gasteiger partial charge < -0.3 is 10.5 Å². The summed E-state index contributed by atoms with van der Waals surface area (Å²) in [7, 11) is 1.84. The summed E-state index contributed by atoms with van der Waals surface area (Å²) < 4.78 is 5.57. The highest BCUT2D eigenvalue weighted by Gasteiger charge is 2.28. The van der Waals surface area contributed by atoms with E-state index in [2.05, 4.69) is 30.9 Å². The minimum absolute atomic E-state index is 0.427. The Morgan fingerprint density at radius 2 is 2.15 bits per heavy atom. The molecule has 1 aromatic rings. The fourth-order valence-corrected chi connectivity index (χ4v) is 3.27. The predicted octanol–water partition coefficient (Wildman–Crippen LogP) is 3.44. The molecule has 0 bridgehead atoms. The van der Waals surface area contributed by atoms with E-state index in [0.29, 0.717) is 18.2 Å². The Labute approximate surface area is 123 Å². The third-order valence-corrected chi connectivity index (χ3v) is 4.38. The van der Waals surface area contributed by atoms with Gasteiger partial charge >= 0.3 is 0 Å². The summed E-state index contributed by atoms with van der Waals surface area (Å²) in [6.07, 6.45) is 5.33. The third kappa shape index (κ3) is 3.97. The lowest BCUT2D eigenvalue weighted by molar-refractivity contribution is 0.0157. The van der Waals surface area contributed by atoms with Crippen LogP contribution in [-0.2, 0) is 11.3 Å². The third-order valence-electron chi connectivity index (χ3n) is 4.38. The number of anilines is 1. The molecule has 3 nitrogen and oxygen atoms in total. The second-order valence-electron chi connectivity index (χ2n) is 6.19. The molecule has 0 aliphatic heterocycles. The lowest BCUT2D eigenvalue weighted by Gasteiger charge is -2.39. The van der Waals surface area contributed by atoms with Gasteiger partial charge in [0.2, 0.25) is 0 Å². The number of ether oxygens (including phenoxy) is 1. The molecule has 1 saturated carbocycles.